The van der Waals surface area contributed by atoms with Crippen LogP contribution in [0.4, 0.5) is 20.2 Å². The number of methoxy groups -OCH3 is 1. The Morgan fingerprint density at radius 3 is 2.71 bits per heavy atom. The third kappa shape index (κ3) is 8.66. The fraction of sp³-hybridized carbons (Fsp3) is 0.324. The van der Waals surface area contributed by atoms with Crippen LogP contribution in [0.25, 0.3) is 0 Å². The van der Waals surface area contributed by atoms with Crippen molar-refractivity contribution in [2.24, 2.45) is 4.99 Å². The molecule has 4 rings (SSSR count). The van der Waals surface area contributed by atoms with E-state index in [1.807, 2.05) is 67.9 Å². The minimum atomic E-state index is -0.730. The molecule has 2 N–H and O–H groups in total. The van der Waals surface area contributed by atoms with E-state index in [0.29, 0.717) is 49.8 Å². The first-order chi connectivity index (χ1) is 21.7. The molecule has 0 atom stereocenters. The first-order valence-electron chi connectivity index (χ1n) is 14.9. The number of likely N-dealkylation sites (N-methyl/N-ethyl adjacent to an activating group) is 1. The third-order valence-corrected chi connectivity index (χ3v) is 7.11. The SMILES string of the molecule is CC/C=C/N=C(Nc1cc(F)c(OC2=CCNC=C2)cc1F)c1c(C)ccc([N+]2=CCN(C(=O)/C=C/CN(C)C)CC2)c1OC. The van der Waals surface area contributed by atoms with Crippen molar-refractivity contribution in [2.75, 3.05) is 59.2 Å². The molecular weight excluding hydrogens is 578 g/mol. The van der Waals surface area contributed by atoms with Crippen LogP contribution in [0.3, 0.4) is 0 Å². The van der Waals surface area contributed by atoms with Gasteiger partial charge in [0, 0.05) is 49.8 Å². The number of allylic oxidation sites excluding steroid dienone is 2. The van der Waals surface area contributed by atoms with Crippen molar-refractivity contribution in [3.8, 4) is 11.5 Å². The average Bonchev–Trinajstić information content (AvgIpc) is 3.03. The monoisotopic (exact) mass is 619 g/mol. The number of aliphatic imine (C=N–C) groups is 1. The van der Waals surface area contributed by atoms with E-state index in [-0.39, 0.29) is 23.2 Å². The second-order valence-corrected chi connectivity index (χ2v) is 10.7. The van der Waals surface area contributed by atoms with E-state index in [1.54, 1.807) is 42.6 Å². The number of ether oxygens (including phenoxy) is 2. The van der Waals surface area contributed by atoms with Crippen LogP contribution in [0.2, 0.25) is 0 Å². The molecule has 2 aromatic carbocycles. The van der Waals surface area contributed by atoms with Crippen molar-refractivity contribution in [1.82, 2.24) is 15.1 Å². The lowest BCUT2D eigenvalue weighted by Gasteiger charge is -2.23. The van der Waals surface area contributed by atoms with E-state index >= 15 is 8.78 Å². The van der Waals surface area contributed by atoms with Gasteiger partial charge in [0.2, 0.25) is 17.3 Å². The van der Waals surface area contributed by atoms with Crippen molar-refractivity contribution >= 4 is 29.3 Å². The number of nitrogens with zero attached hydrogens (tertiary/aromatic N) is 4. The molecule has 2 aliphatic rings. The molecule has 45 heavy (non-hydrogen) atoms. The van der Waals surface area contributed by atoms with E-state index in [2.05, 4.69) is 15.6 Å². The molecule has 0 radical (unpaired) electrons. The zero-order valence-electron chi connectivity index (χ0n) is 26.4. The summed E-state index contributed by atoms with van der Waals surface area (Å²) in [7, 11) is 5.46. The summed E-state index contributed by atoms with van der Waals surface area (Å²) in [6.07, 6.45) is 14.7. The molecule has 0 fully saturated rings. The minimum Gasteiger partial charge on any atom is -0.490 e. The number of anilines is 1. The van der Waals surface area contributed by atoms with E-state index < -0.39 is 11.6 Å². The van der Waals surface area contributed by atoms with Crippen molar-refractivity contribution in [2.45, 2.75) is 20.3 Å². The molecule has 0 unspecified atom stereocenters. The van der Waals surface area contributed by atoms with Gasteiger partial charge in [-0.25, -0.2) is 13.8 Å². The van der Waals surface area contributed by atoms with Gasteiger partial charge in [-0.3, -0.25) is 4.79 Å². The molecule has 238 valence electrons. The summed E-state index contributed by atoms with van der Waals surface area (Å²) < 4.78 is 44.1. The maximum atomic E-state index is 15.4. The number of amides is 1. The number of carbonyl (C=O) groups is 1. The molecule has 0 bridgehead atoms. The van der Waals surface area contributed by atoms with Crippen LogP contribution in [0, 0.1) is 18.6 Å². The number of carbonyl (C=O) groups excluding carboxylic acids is 1. The quantitative estimate of drug-likeness (QED) is 0.157. The molecule has 9 nitrogen and oxygen atoms in total. The van der Waals surface area contributed by atoms with Gasteiger partial charge < -0.3 is 29.9 Å². The van der Waals surface area contributed by atoms with Crippen LogP contribution in [-0.2, 0) is 4.79 Å². The Morgan fingerprint density at radius 2 is 2.04 bits per heavy atom. The number of nitrogens with one attached hydrogen (secondary N) is 2. The second-order valence-electron chi connectivity index (χ2n) is 10.7. The normalized spacial score (nSPS) is 15.4. The molecular formula is C34H41F2N6O3+. The van der Waals surface area contributed by atoms with Crippen molar-refractivity contribution in [3.05, 3.63) is 95.6 Å². The summed E-state index contributed by atoms with van der Waals surface area (Å²) in [6, 6.07) is 5.94. The fourth-order valence-corrected chi connectivity index (χ4v) is 4.76. The number of dihydropyridines is 1. The Kier molecular flexibility index (Phi) is 11.6. The Hall–Kier alpha value is -4.77. The third-order valence-electron chi connectivity index (χ3n) is 7.11. The zero-order chi connectivity index (χ0) is 32.3. The van der Waals surface area contributed by atoms with Gasteiger partial charge in [-0.2, -0.15) is 4.58 Å². The van der Waals surface area contributed by atoms with Crippen LogP contribution < -0.4 is 20.1 Å². The number of hydrogen-bond acceptors (Lipinski definition) is 6. The van der Waals surface area contributed by atoms with Crippen LogP contribution in [-0.4, -0.2) is 86.3 Å². The molecule has 2 aromatic rings. The molecule has 0 aromatic heterocycles. The van der Waals surface area contributed by atoms with Gasteiger partial charge in [-0.1, -0.05) is 25.1 Å². The van der Waals surface area contributed by atoms with Gasteiger partial charge >= 0.3 is 0 Å². The molecule has 0 saturated heterocycles. The smallest absolute Gasteiger partial charge is 0.248 e. The zero-order valence-corrected chi connectivity index (χ0v) is 26.4. The highest BCUT2D eigenvalue weighted by atomic mass is 19.1. The molecule has 2 heterocycles. The van der Waals surface area contributed by atoms with Crippen molar-refractivity contribution in [1.29, 1.82) is 0 Å². The number of rotatable bonds is 11. The molecule has 1 amide bonds. The highest BCUT2D eigenvalue weighted by Gasteiger charge is 2.28. The van der Waals surface area contributed by atoms with Gasteiger partial charge in [0.05, 0.1) is 31.5 Å². The standard InChI is InChI=1S/C34H41F2N6O3/c1-6-7-14-38-34(39-28-22-27(36)30(23-26(28)35)45-25-12-15-37-16-13-25)32-24(2)10-11-29(33(32)44-5)41-18-20-42(21-19-41)31(43)9-8-17-40(3)4/h7-15,18,22-23,37H,6,16-17,19-21H2,1-5H3,(H,38,39)/q+1/b9-8+,14-7+. The first kappa shape index (κ1) is 33.1. The predicted molar refractivity (Wildman–Crippen MR) is 175 cm³/mol. The highest BCUT2D eigenvalue weighted by molar-refractivity contribution is 6.12. The number of amidine groups is 1. The Balaban J connectivity index is 1.65. The largest absolute Gasteiger partial charge is 0.490 e. The molecule has 0 aliphatic carbocycles. The van der Waals surface area contributed by atoms with Crippen molar-refractivity contribution in [3.63, 3.8) is 0 Å². The van der Waals surface area contributed by atoms with E-state index in [9.17, 15) is 4.79 Å². The lowest BCUT2D eigenvalue weighted by molar-refractivity contribution is -0.443. The fourth-order valence-electron chi connectivity index (χ4n) is 4.76. The number of hydrogen-bond donors (Lipinski definition) is 2. The molecule has 2 aliphatic heterocycles. The Labute approximate surface area is 263 Å². The topological polar surface area (TPSA) is 81.4 Å². The second kappa shape index (κ2) is 15.8. The summed E-state index contributed by atoms with van der Waals surface area (Å²) in [6.45, 7) is 6.59. The van der Waals surface area contributed by atoms with E-state index in [0.717, 1.165) is 29.8 Å². The number of aryl methyl sites for hydroxylation is 1. The average molecular weight is 620 g/mol. The van der Waals surface area contributed by atoms with Crippen LogP contribution in [0.5, 0.6) is 11.5 Å². The molecule has 0 saturated carbocycles. The van der Waals surface area contributed by atoms with Gasteiger partial charge in [0.25, 0.3) is 0 Å². The van der Waals surface area contributed by atoms with Crippen LogP contribution >= 0.6 is 0 Å². The summed E-state index contributed by atoms with van der Waals surface area (Å²) in [5.74, 6) is -0.493. The van der Waals surface area contributed by atoms with Gasteiger partial charge in [-0.05, 0) is 45.2 Å². The van der Waals surface area contributed by atoms with Gasteiger partial charge in [-0.15, -0.1) is 0 Å². The summed E-state index contributed by atoms with van der Waals surface area (Å²) in [5, 5.41) is 5.99. The lowest BCUT2D eigenvalue weighted by Crippen LogP contribution is -2.41. The summed E-state index contributed by atoms with van der Waals surface area (Å²) in [4.78, 5) is 21.0. The van der Waals surface area contributed by atoms with E-state index in [4.69, 9.17) is 9.47 Å². The Morgan fingerprint density at radius 1 is 1.22 bits per heavy atom. The minimum absolute atomic E-state index is 0.0414. The predicted octanol–water partition coefficient (Wildman–Crippen LogP) is 5.12. The number of benzene rings is 2. The molecule has 11 heteroatoms. The molecule has 0 spiro atoms. The van der Waals surface area contributed by atoms with Crippen LogP contribution in [0.1, 0.15) is 24.5 Å². The van der Waals surface area contributed by atoms with Gasteiger partial charge in [0.1, 0.15) is 11.6 Å². The van der Waals surface area contributed by atoms with E-state index in [1.165, 1.54) is 0 Å². The first-order valence-corrected chi connectivity index (χ1v) is 14.9. The van der Waals surface area contributed by atoms with Crippen molar-refractivity contribution < 1.29 is 27.6 Å². The maximum absolute atomic E-state index is 15.4. The lowest BCUT2D eigenvalue weighted by atomic mass is 10.0. The van der Waals surface area contributed by atoms with Crippen LogP contribution in [0.15, 0.2) is 77.8 Å². The summed E-state index contributed by atoms with van der Waals surface area (Å²) in [5.41, 5.74) is 2.07. The van der Waals surface area contributed by atoms with Gasteiger partial charge in [0.15, 0.2) is 30.1 Å². The Bertz CT molecular complexity index is 1580. The number of halogens is 2. The highest BCUT2D eigenvalue weighted by Crippen LogP contribution is 2.35. The maximum Gasteiger partial charge on any atom is 0.248 e. The summed E-state index contributed by atoms with van der Waals surface area (Å²) >= 11 is 0.